The fourth-order valence-corrected chi connectivity index (χ4v) is 2.25. The highest BCUT2D eigenvalue weighted by Gasteiger charge is 2.13. The lowest BCUT2D eigenvalue weighted by Crippen LogP contribution is -2.22. The summed E-state index contributed by atoms with van der Waals surface area (Å²) in [5.41, 5.74) is 3.31. The van der Waals surface area contributed by atoms with Gasteiger partial charge < -0.3 is 4.74 Å². The van der Waals surface area contributed by atoms with E-state index in [1.807, 2.05) is 51.2 Å². The first-order valence-corrected chi connectivity index (χ1v) is 6.78. The van der Waals surface area contributed by atoms with Crippen LogP contribution in [0.15, 0.2) is 36.7 Å². The number of carbonyl (C=O) groups excluding carboxylic acids is 1. The van der Waals surface area contributed by atoms with Crippen LogP contribution >= 0.6 is 0 Å². The molecule has 0 spiro atoms. The minimum absolute atomic E-state index is 0.188. The average molecular weight is 272 g/mol. The Balaban J connectivity index is 1.92. The molecule has 2 aromatic rings. The van der Waals surface area contributed by atoms with Crippen molar-refractivity contribution in [2.24, 2.45) is 0 Å². The Labute approximate surface area is 119 Å². The number of aryl methyl sites for hydroxylation is 2. The fourth-order valence-electron chi connectivity index (χ4n) is 2.25. The van der Waals surface area contributed by atoms with Crippen LogP contribution in [0.2, 0.25) is 0 Å². The second kappa shape index (κ2) is 6.37. The van der Waals surface area contributed by atoms with Crippen molar-refractivity contribution in [3.63, 3.8) is 0 Å². The lowest BCUT2D eigenvalue weighted by molar-refractivity contribution is -0.148. The highest BCUT2D eigenvalue weighted by Crippen LogP contribution is 2.14. The molecule has 0 N–H and O–H groups in total. The third-order valence-corrected chi connectivity index (χ3v) is 3.30. The minimum atomic E-state index is -0.193. The topological polar surface area (TPSA) is 44.1 Å². The van der Waals surface area contributed by atoms with Crippen molar-refractivity contribution in [3.05, 3.63) is 53.3 Å². The Bertz CT molecular complexity index is 556. The predicted octanol–water partition coefficient (Wildman–Crippen LogP) is 2.67. The van der Waals surface area contributed by atoms with Gasteiger partial charge in [0, 0.05) is 12.4 Å². The van der Waals surface area contributed by atoms with Gasteiger partial charge >= 0.3 is 5.97 Å². The van der Waals surface area contributed by atoms with Crippen LogP contribution in [0.25, 0.3) is 0 Å². The van der Waals surface area contributed by atoms with Gasteiger partial charge in [-0.05, 0) is 43.5 Å². The minimum Gasteiger partial charge on any atom is -0.460 e. The largest absolute Gasteiger partial charge is 0.460 e. The van der Waals surface area contributed by atoms with Crippen molar-refractivity contribution in [1.82, 2.24) is 9.78 Å². The van der Waals surface area contributed by atoms with Gasteiger partial charge in [-0.15, -0.1) is 0 Å². The second-order valence-corrected chi connectivity index (χ2v) is 5.08. The first-order valence-electron chi connectivity index (χ1n) is 6.78. The van der Waals surface area contributed by atoms with Gasteiger partial charge in [-0.3, -0.25) is 9.48 Å². The van der Waals surface area contributed by atoms with Crippen LogP contribution in [0.5, 0.6) is 0 Å². The maximum atomic E-state index is 12.0. The smallest absolute Gasteiger partial charge is 0.310 e. The molecule has 20 heavy (non-hydrogen) atoms. The maximum absolute atomic E-state index is 12.0. The summed E-state index contributed by atoms with van der Waals surface area (Å²) in [4.78, 5) is 12.0. The number of rotatable bonds is 5. The first-order chi connectivity index (χ1) is 9.56. The number of hydrogen-bond acceptors (Lipinski definition) is 3. The summed E-state index contributed by atoms with van der Waals surface area (Å²) in [6.45, 7) is 6.49. The van der Waals surface area contributed by atoms with E-state index in [-0.39, 0.29) is 12.1 Å². The van der Waals surface area contributed by atoms with Gasteiger partial charge in [-0.2, -0.15) is 5.10 Å². The van der Waals surface area contributed by atoms with E-state index in [1.165, 1.54) is 0 Å². The van der Waals surface area contributed by atoms with Crippen LogP contribution in [0.3, 0.4) is 0 Å². The molecule has 4 heteroatoms. The van der Waals surface area contributed by atoms with E-state index in [9.17, 15) is 4.79 Å². The van der Waals surface area contributed by atoms with Crippen molar-refractivity contribution in [3.8, 4) is 0 Å². The Hall–Kier alpha value is -2.10. The molecule has 1 aromatic carbocycles. The summed E-state index contributed by atoms with van der Waals surface area (Å²) >= 11 is 0. The van der Waals surface area contributed by atoms with Crippen molar-refractivity contribution >= 4 is 5.97 Å². The Morgan fingerprint density at radius 1 is 1.30 bits per heavy atom. The number of ether oxygens (including phenoxy) is 1. The molecule has 0 fully saturated rings. The van der Waals surface area contributed by atoms with Gasteiger partial charge in [0.1, 0.15) is 6.10 Å². The summed E-state index contributed by atoms with van der Waals surface area (Å²) < 4.78 is 7.20. The van der Waals surface area contributed by atoms with Crippen molar-refractivity contribution in [1.29, 1.82) is 0 Å². The van der Waals surface area contributed by atoms with Gasteiger partial charge in [0.05, 0.1) is 13.0 Å². The average Bonchev–Trinajstić information content (AvgIpc) is 2.86. The lowest BCUT2D eigenvalue weighted by atomic mass is 10.0. The van der Waals surface area contributed by atoms with Gasteiger partial charge in [-0.1, -0.05) is 18.2 Å². The third-order valence-electron chi connectivity index (χ3n) is 3.30. The van der Waals surface area contributed by atoms with E-state index in [1.54, 1.807) is 10.9 Å². The monoisotopic (exact) mass is 272 g/mol. The highest BCUT2D eigenvalue weighted by atomic mass is 16.5. The quantitative estimate of drug-likeness (QED) is 0.786. The van der Waals surface area contributed by atoms with Crippen LogP contribution in [-0.2, 0) is 22.5 Å². The zero-order chi connectivity index (χ0) is 14.5. The number of carbonyl (C=O) groups is 1. The molecular weight excluding hydrogens is 252 g/mol. The van der Waals surface area contributed by atoms with E-state index in [0.29, 0.717) is 13.0 Å². The Kier molecular flexibility index (Phi) is 4.56. The summed E-state index contributed by atoms with van der Waals surface area (Å²) in [7, 11) is 0. The molecule has 0 aliphatic heterocycles. The van der Waals surface area contributed by atoms with Gasteiger partial charge in [0.25, 0.3) is 0 Å². The molecule has 0 radical (unpaired) electrons. The summed E-state index contributed by atoms with van der Waals surface area (Å²) in [6, 6.07) is 7.89. The molecule has 1 aromatic heterocycles. The van der Waals surface area contributed by atoms with Crippen molar-refractivity contribution in [2.75, 3.05) is 0 Å². The molecule has 4 nitrogen and oxygen atoms in total. The molecule has 2 rings (SSSR count). The Morgan fingerprint density at radius 3 is 2.60 bits per heavy atom. The van der Waals surface area contributed by atoms with Crippen molar-refractivity contribution < 1.29 is 9.53 Å². The number of aromatic nitrogens is 2. The number of nitrogens with zero attached hydrogens (tertiary/aromatic N) is 2. The van der Waals surface area contributed by atoms with Crippen LogP contribution in [0.1, 0.15) is 23.6 Å². The zero-order valence-corrected chi connectivity index (χ0v) is 12.2. The van der Waals surface area contributed by atoms with Crippen LogP contribution in [0, 0.1) is 13.8 Å². The number of hydrogen-bond donors (Lipinski definition) is 0. The van der Waals surface area contributed by atoms with E-state index < -0.39 is 0 Å². The van der Waals surface area contributed by atoms with E-state index in [4.69, 9.17) is 4.74 Å². The molecule has 1 heterocycles. The van der Waals surface area contributed by atoms with Crippen molar-refractivity contribution in [2.45, 2.75) is 39.8 Å². The highest BCUT2D eigenvalue weighted by molar-refractivity contribution is 5.73. The lowest BCUT2D eigenvalue weighted by Gasteiger charge is -2.15. The molecule has 0 aliphatic rings. The van der Waals surface area contributed by atoms with Gasteiger partial charge in [-0.25, -0.2) is 0 Å². The third kappa shape index (κ3) is 3.70. The summed E-state index contributed by atoms with van der Waals surface area (Å²) in [5, 5.41) is 4.10. The summed E-state index contributed by atoms with van der Waals surface area (Å²) in [6.07, 6.45) is 3.70. The molecule has 0 saturated heterocycles. The molecular formula is C16H20N2O2. The predicted molar refractivity (Wildman–Crippen MR) is 77.4 cm³/mol. The maximum Gasteiger partial charge on any atom is 0.310 e. The number of benzene rings is 1. The van der Waals surface area contributed by atoms with E-state index >= 15 is 0 Å². The molecule has 106 valence electrons. The molecule has 0 unspecified atom stereocenters. The van der Waals surface area contributed by atoms with Crippen LogP contribution in [-0.4, -0.2) is 21.9 Å². The van der Waals surface area contributed by atoms with Gasteiger partial charge in [0.15, 0.2) is 0 Å². The molecule has 1 atom stereocenters. The van der Waals surface area contributed by atoms with Gasteiger partial charge in [0.2, 0.25) is 0 Å². The summed E-state index contributed by atoms with van der Waals surface area (Å²) in [5.74, 6) is -0.193. The van der Waals surface area contributed by atoms with E-state index in [2.05, 4.69) is 5.10 Å². The number of esters is 1. The molecule has 0 bridgehead atoms. The Morgan fingerprint density at radius 2 is 2.00 bits per heavy atom. The first kappa shape index (κ1) is 14.3. The SMILES string of the molecule is Cc1cccc(C)c1CC(=O)O[C@H](C)Cn1cccn1. The molecule has 0 aliphatic carbocycles. The second-order valence-electron chi connectivity index (χ2n) is 5.08. The standard InChI is InChI=1S/C16H20N2O2/c1-12-6-4-7-13(2)15(12)10-16(19)20-14(3)11-18-9-5-8-17-18/h4-9,14H,10-11H2,1-3H3/t14-/m1/s1. The van der Waals surface area contributed by atoms with Crippen LogP contribution < -0.4 is 0 Å². The van der Waals surface area contributed by atoms with Crippen LogP contribution in [0.4, 0.5) is 0 Å². The van der Waals surface area contributed by atoms with E-state index in [0.717, 1.165) is 16.7 Å². The normalized spacial score (nSPS) is 12.2. The molecule has 0 amide bonds. The molecule has 0 saturated carbocycles. The fraction of sp³-hybridized carbons (Fsp3) is 0.375. The zero-order valence-electron chi connectivity index (χ0n) is 12.2.